The van der Waals surface area contributed by atoms with Crippen molar-refractivity contribution in [1.82, 2.24) is 5.43 Å². The molecule has 0 radical (unpaired) electrons. The van der Waals surface area contributed by atoms with Gasteiger partial charge in [-0.3, -0.25) is 15.6 Å². The predicted molar refractivity (Wildman–Crippen MR) is 172 cm³/mol. The molecule has 1 amide bonds. The molecule has 0 bridgehead atoms. The van der Waals surface area contributed by atoms with Crippen LogP contribution in [0.2, 0.25) is 0 Å². The van der Waals surface area contributed by atoms with Crippen LogP contribution in [0.1, 0.15) is 30.1 Å². The van der Waals surface area contributed by atoms with Crippen molar-refractivity contribution in [3.8, 4) is 5.75 Å². The first kappa shape index (κ1) is 31.2. The summed E-state index contributed by atoms with van der Waals surface area (Å²) in [6.45, 7) is 0.396. The highest BCUT2D eigenvalue weighted by molar-refractivity contribution is 9.10. The summed E-state index contributed by atoms with van der Waals surface area (Å²) < 4.78 is 39.7. The van der Waals surface area contributed by atoms with E-state index in [1.165, 1.54) is 12.1 Å². The third-order valence-corrected chi connectivity index (χ3v) is 9.62. The number of ether oxygens (including phenoxy) is 2. The largest absolute Gasteiger partial charge is 0.494 e. The number of benzene rings is 4. The molecule has 0 saturated heterocycles. The van der Waals surface area contributed by atoms with Gasteiger partial charge in [-0.2, -0.15) is 0 Å². The molecule has 1 aliphatic rings. The average Bonchev–Trinajstić information content (AvgIpc) is 3.45. The molecule has 2 atom stereocenters. The van der Waals surface area contributed by atoms with Gasteiger partial charge in [0.25, 0.3) is 5.91 Å². The summed E-state index contributed by atoms with van der Waals surface area (Å²) in [7, 11) is -3.77. The third-order valence-electron chi connectivity index (χ3n) is 7.17. The number of amides is 1. The molecule has 3 N–H and O–H groups in total. The molecule has 44 heavy (non-hydrogen) atoms. The first-order valence-electron chi connectivity index (χ1n) is 14.1. The van der Waals surface area contributed by atoms with Crippen LogP contribution in [-0.4, -0.2) is 49.8 Å². The number of carbonyl (C=O) groups excluding carboxylic acids is 1. The van der Waals surface area contributed by atoms with E-state index in [2.05, 4.69) is 26.8 Å². The normalized spacial score (nSPS) is 17.8. The zero-order chi connectivity index (χ0) is 31.0. The Morgan fingerprint density at radius 3 is 2.27 bits per heavy atom. The zero-order valence-corrected chi connectivity index (χ0v) is 26.1. The quantitative estimate of drug-likeness (QED) is 0.126. The van der Waals surface area contributed by atoms with Crippen LogP contribution >= 0.6 is 15.9 Å². The lowest BCUT2D eigenvalue weighted by Gasteiger charge is -2.31. The lowest BCUT2D eigenvalue weighted by atomic mass is 9.85. The molecule has 4 aromatic rings. The molecule has 0 aliphatic carbocycles. The van der Waals surface area contributed by atoms with Crippen LogP contribution in [0, 0.1) is 0 Å². The Kier molecular flexibility index (Phi) is 9.99. The number of hydrogen-bond donors (Lipinski definition) is 3. The van der Waals surface area contributed by atoms with Gasteiger partial charge in [0.2, 0.25) is 5.90 Å². The van der Waals surface area contributed by atoms with Crippen LogP contribution < -0.4 is 15.6 Å². The Hall–Kier alpha value is -4.19. The van der Waals surface area contributed by atoms with Gasteiger partial charge >= 0.3 is 0 Å². The molecule has 1 heterocycles. The Bertz CT molecular complexity index is 1700. The monoisotopic (exact) mass is 677 g/mol. The molecule has 5 rings (SSSR count). The molecule has 0 fully saturated rings. The second-order valence-electron chi connectivity index (χ2n) is 10.1. The van der Waals surface area contributed by atoms with Gasteiger partial charge in [0, 0.05) is 35.0 Å². The number of halogens is 1. The topological polar surface area (TPSA) is 126 Å². The molecular formula is C33H32BrN3O6S. The maximum absolute atomic E-state index is 14.3. The lowest BCUT2D eigenvalue weighted by Crippen LogP contribution is -2.51. The van der Waals surface area contributed by atoms with Crippen molar-refractivity contribution < 1.29 is 27.8 Å². The van der Waals surface area contributed by atoms with Crippen LogP contribution in [0.25, 0.3) is 0 Å². The Morgan fingerprint density at radius 1 is 0.932 bits per heavy atom. The van der Waals surface area contributed by atoms with Crippen molar-refractivity contribution in [3.05, 3.63) is 125 Å². The van der Waals surface area contributed by atoms with Crippen LogP contribution in [-0.2, 0) is 19.4 Å². The summed E-state index contributed by atoms with van der Waals surface area (Å²) in [5.74, 6) is -0.105. The highest BCUT2D eigenvalue weighted by Crippen LogP contribution is 2.45. The number of anilines is 1. The van der Waals surface area contributed by atoms with Crippen LogP contribution in [0.4, 0.5) is 5.69 Å². The predicted octanol–water partition coefficient (Wildman–Crippen LogP) is 5.47. The first-order valence-corrected chi connectivity index (χ1v) is 16.5. The van der Waals surface area contributed by atoms with Crippen molar-refractivity contribution in [3.63, 3.8) is 0 Å². The number of nitrogens with one attached hydrogen (secondary N) is 2. The third kappa shape index (κ3) is 7.12. The molecule has 0 aromatic heterocycles. The Balaban J connectivity index is 1.55. The fourth-order valence-corrected chi connectivity index (χ4v) is 6.71. The standard InChI is InChI=1S/C33H32BrN3O6S/c34-29-15-8-7-14-28(29)30-33(32(39)37-36-25-10-3-1-4-11-25,20-23-44(40,41)27-12-5-2-6-13-27)35-31(43-30)24-16-18-26(19-17-24)42-22-9-21-38/h1-8,10-19,30,36,38H,9,20-23H2,(H,37,39)/t30-,33-/m0/s1. The van der Waals surface area contributed by atoms with Crippen molar-refractivity contribution >= 4 is 43.3 Å². The SMILES string of the molecule is O=C(NNc1ccccc1)[C@@]1(CCS(=O)(=O)c2ccccc2)N=C(c2ccc(OCCCO)cc2)O[C@H]1c1ccccc1Br. The molecule has 228 valence electrons. The van der Waals surface area contributed by atoms with Gasteiger partial charge in [0.15, 0.2) is 21.5 Å². The Labute approximate surface area is 265 Å². The van der Waals surface area contributed by atoms with Crippen molar-refractivity contribution in [2.24, 2.45) is 4.99 Å². The number of hydrogen-bond acceptors (Lipinski definition) is 8. The highest BCUT2D eigenvalue weighted by atomic mass is 79.9. The molecular weight excluding hydrogens is 646 g/mol. The minimum atomic E-state index is -3.77. The number of aliphatic hydroxyl groups excluding tert-OH is 1. The van der Waals surface area contributed by atoms with Crippen LogP contribution in [0.15, 0.2) is 124 Å². The number of aliphatic imine (C=N–C) groups is 1. The van der Waals surface area contributed by atoms with E-state index in [-0.39, 0.29) is 29.6 Å². The lowest BCUT2D eigenvalue weighted by molar-refractivity contribution is -0.128. The van der Waals surface area contributed by atoms with E-state index in [0.717, 1.165) is 0 Å². The number of rotatable bonds is 13. The summed E-state index contributed by atoms with van der Waals surface area (Å²) in [5, 5.41) is 9.04. The smallest absolute Gasteiger partial charge is 0.270 e. The number of aliphatic hydroxyl groups is 1. The zero-order valence-electron chi connectivity index (χ0n) is 23.7. The molecule has 11 heteroatoms. The summed E-state index contributed by atoms with van der Waals surface area (Å²) >= 11 is 3.59. The van der Waals surface area contributed by atoms with Crippen molar-refractivity contribution in [2.75, 3.05) is 24.4 Å². The van der Waals surface area contributed by atoms with Gasteiger partial charge in [-0.15, -0.1) is 0 Å². The average molecular weight is 679 g/mol. The minimum Gasteiger partial charge on any atom is -0.494 e. The molecule has 0 saturated carbocycles. The fraction of sp³-hybridized carbons (Fsp3) is 0.212. The van der Waals surface area contributed by atoms with Gasteiger partial charge < -0.3 is 14.6 Å². The van der Waals surface area contributed by atoms with Gasteiger partial charge in [-0.05, 0) is 54.6 Å². The minimum absolute atomic E-state index is 0.0302. The summed E-state index contributed by atoms with van der Waals surface area (Å²) in [4.78, 5) is 19.3. The van der Waals surface area contributed by atoms with E-state index >= 15 is 0 Å². The van der Waals surface area contributed by atoms with Gasteiger partial charge in [-0.25, -0.2) is 13.4 Å². The van der Waals surface area contributed by atoms with E-state index in [9.17, 15) is 13.2 Å². The van der Waals surface area contributed by atoms with E-state index in [4.69, 9.17) is 19.6 Å². The van der Waals surface area contributed by atoms with Crippen LogP contribution in [0.3, 0.4) is 0 Å². The highest BCUT2D eigenvalue weighted by Gasteiger charge is 2.54. The number of para-hydroxylation sites is 1. The molecule has 1 aliphatic heterocycles. The first-order chi connectivity index (χ1) is 21.3. The number of sulfone groups is 1. The molecule has 9 nitrogen and oxygen atoms in total. The van der Waals surface area contributed by atoms with E-state index in [1.807, 2.05) is 42.5 Å². The van der Waals surface area contributed by atoms with Crippen LogP contribution in [0.5, 0.6) is 5.75 Å². The van der Waals surface area contributed by atoms with Crippen molar-refractivity contribution in [2.45, 2.75) is 29.4 Å². The second kappa shape index (κ2) is 14.1. The van der Waals surface area contributed by atoms with Gasteiger partial charge in [0.1, 0.15) is 5.75 Å². The van der Waals surface area contributed by atoms with Crippen molar-refractivity contribution in [1.29, 1.82) is 0 Å². The maximum atomic E-state index is 14.3. The van der Waals surface area contributed by atoms with E-state index in [0.29, 0.717) is 40.1 Å². The number of carbonyl (C=O) groups is 1. The molecule has 0 unspecified atom stereocenters. The van der Waals surface area contributed by atoms with Gasteiger partial charge in [0.05, 0.1) is 22.9 Å². The number of hydrazine groups is 1. The van der Waals surface area contributed by atoms with E-state index in [1.54, 1.807) is 54.6 Å². The second-order valence-corrected chi connectivity index (χ2v) is 13.1. The van der Waals surface area contributed by atoms with Gasteiger partial charge in [-0.1, -0.05) is 70.5 Å². The Morgan fingerprint density at radius 2 is 1.59 bits per heavy atom. The molecule has 0 spiro atoms. The summed E-state index contributed by atoms with van der Waals surface area (Å²) in [6.07, 6.45) is -0.618. The summed E-state index contributed by atoms with van der Waals surface area (Å²) in [6, 6.07) is 31.6. The molecule has 4 aromatic carbocycles. The fourth-order valence-electron chi connectivity index (χ4n) is 4.83. The number of nitrogens with zero attached hydrogens (tertiary/aromatic N) is 1. The maximum Gasteiger partial charge on any atom is 0.270 e. The van der Waals surface area contributed by atoms with E-state index < -0.39 is 27.4 Å². The summed E-state index contributed by atoms with van der Waals surface area (Å²) in [5.41, 5.74) is 5.90.